The Bertz CT molecular complexity index is 3180. The van der Waals surface area contributed by atoms with Crippen LogP contribution >= 0.6 is 0 Å². The first-order chi connectivity index (χ1) is 28.4. The molecule has 0 radical (unpaired) electrons. The van der Waals surface area contributed by atoms with Crippen molar-refractivity contribution in [1.29, 1.82) is 0 Å². The van der Waals surface area contributed by atoms with E-state index in [-0.39, 0.29) is 26.5 Å². The Labute approximate surface area is 357 Å². The monoisotopic (exact) mass is 943 g/mol. The molecule has 0 saturated heterocycles. The largest absolute Gasteiger partial charge is 0.509 e. The van der Waals surface area contributed by atoms with Gasteiger partial charge < -0.3 is 23.7 Å². The van der Waals surface area contributed by atoms with Crippen molar-refractivity contribution in [2.45, 2.75) is 26.2 Å². The second-order valence-electron chi connectivity index (χ2n) is 15.8. The first-order valence-corrected chi connectivity index (χ1v) is 19.6. The van der Waals surface area contributed by atoms with Gasteiger partial charge in [0.1, 0.15) is 5.82 Å². The van der Waals surface area contributed by atoms with Crippen LogP contribution < -0.4 is 14.5 Å². The molecule has 7 heteroatoms. The summed E-state index contributed by atoms with van der Waals surface area (Å²) in [5, 5.41) is 4.61. The van der Waals surface area contributed by atoms with Gasteiger partial charge in [0.15, 0.2) is 0 Å². The summed E-state index contributed by atoms with van der Waals surface area (Å²) in [6.45, 7) is 8.84. The molecule has 3 aromatic heterocycles. The third-order valence-electron chi connectivity index (χ3n) is 11.2. The molecular weight excluding hydrogens is 906 g/mol. The molecule has 59 heavy (non-hydrogen) atoms. The minimum absolute atomic E-state index is 0. The van der Waals surface area contributed by atoms with E-state index < -0.39 is 0 Å². The van der Waals surface area contributed by atoms with Crippen molar-refractivity contribution in [2.24, 2.45) is 0 Å². The van der Waals surface area contributed by atoms with Gasteiger partial charge in [-0.1, -0.05) is 99.1 Å². The van der Waals surface area contributed by atoms with Crippen LogP contribution in [0.1, 0.15) is 26.3 Å². The maximum Gasteiger partial charge on any atom is 0.135 e. The fraction of sp³-hybridized carbons (Fsp3) is 0.0769. The van der Waals surface area contributed by atoms with Crippen LogP contribution in [0.3, 0.4) is 0 Å². The van der Waals surface area contributed by atoms with Gasteiger partial charge in [0.05, 0.1) is 11.0 Å². The van der Waals surface area contributed by atoms with Crippen molar-refractivity contribution in [1.82, 2.24) is 14.1 Å². The van der Waals surface area contributed by atoms with E-state index >= 15 is 0 Å². The number of nitrogens with zero attached hydrogens (tertiary/aromatic N) is 5. The maximum absolute atomic E-state index is 6.63. The van der Waals surface area contributed by atoms with Crippen molar-refractivity contribution in [3.05, 3.63) is 194 Å². The predicted molar refractivity (Wildman–Crippen MR) is 237 cm³/mol. The topological polar surface area (TPSA) is 38.5 Å². The van der Waals surface area contributed by atoms with E-state index in [0.717, 1.165) is 67.1 Å². The maximum atomic E-state index is 6.63. The molecular formula is C52H38N5OPt-3. The van der Waals surface area contributed by atoms with Crippen molar-refractivity contribution in [3.63, 3.8) is 0 Å². The molecule has 1 aliphatic heterocycles. The first kappa shape index (κ1) is 36.7. The minimum Gasteiger partial charge on any atom is -0.509 e. The molecule has 4 heterocycles. The molecule has 0 fully saturated rings. The van der Waals surface area contributed by atoms with E-state index in [1.807, 2.05) is 24.4 Å². The van der Waals surface area contributed by atoms with Gasteiger partial charge in [-0.3, -0.25) is 0 Å². The molecule has 11 rings (SSSR count). The Kier molecular flexibility index (Phi) is 8.92. The third kappa shape index (κ3) is 6.09. The van der Waals surface area contributed by atoms with E-state index in [0.29, 0.717) is 11.5 Å². The molecule has 0 N–H and O–H groups in total. The smallest absolute Gasteiger partial charge is 0.135 e. The second kappa shape index (κ2) is 14.3. The summed E-state index contributed by atoms with van der Waals surface area (Å²) >= 11 is 0. The number of anilines is 4. The van der Waals surface area contributed by atoms with Crippen molar-refractivity contribution < 1.29 is 25.8 Å². The fourth-order valence-corrected chi connectivity index (χ4v) is 8.47. The van der Waals surface area contributed by atoms with Crippen LogP contribution in [0, 0.1) is 18.8 Å². The van der Waals surface area contributed by atoms with E-state index in [2.05, 4.69) is 204 Å². The van der Waals surface area contributed by atoms with E-state index in [1.54, 1.807) is 0 Å². The van der Waals surface area contributed by atoms with Gasteiger partial charge in [-0.25, -0.2) is 4.98 Å². The number of fused-ring (bicyclic) bond motifs is 8. The SMILES string of the molecule is CC(C)(C)c1ccnc(-n2c3[c-]c(Oc4[c-]c(N5[CH-]N(c6ccccc6)c6c5ccc5c6c6ccccc6n5-c5ccccc5)ccc4)ccc3c3ccccc32)c1.[Pt]. The Morgan fingerprint density at radius 1 is 0.559 bits per heavy atom. The van der Waals surface area contributed by atoms with Crippen LogP contribution in [0.5, 0.6) is 11.5 Å². The van der Waals surface area contributed by atoms with E-state index in [4.69, 9.17) is 9.72 Å². The molecule has 0 saturated carbocycles. The zero-order valence-electron chi connectivity index (χ0n) is 32.7. The van der Waals surface area contributed by atoms with Gasteiger partial charge in [-0.2, -0.15) is 12.1 Å². The molecule has 0 aliphatic carbocycles. The molecule has 0 atom stereocenters. The first-order valence-electron chi connectivity index (χ1n) is 19.6. The van der Waals surface area contributed by atoms with Gasteiger partial charge in [0.2, 0.25) is 0 Å². The molecule has 0 spiro atoms. The Balaban J connectivity index is 0.00000420. The number of aromatic nitrogens is 3. The summed E-state index contributed by atoms with van der Waals surface area (Å²) in [4.78, 5) is 9.35. The quantitative estimate of drug-likeness (QED) is 0.156. The van der Waals surface area contributed by atoms with Crippen LogP contribution in [-0.2, 0) is 26.5 Å². The number of benzene rings is 7. The van der Waals surface area contributed by atoms with Crippen LogP contribution in [0.2, 0.25) is 0 Å². The molecule has 0 unspecified atom stereocenters. The van der Waals surface area contributed by atoms with Crippen LogP contribution in [-0.4, -0.2) is 14.1 Å². The third-order valence-corrected chi connectivity index (χ3v) is 11.2. The molecule has 1 aliphatic rings. The van der Waals surface area contributed by atoms with Crippen molar-refractivity contribution in [3.8, 4) is 23.0 Å². The van der Waals surface area contributed by atoms with Crippen molar-refractivity contribution >= 4 is 66.4 Å². The van der Waals surface area contributed by atoms with Gasteiger partial charge >= 0.3 is 0 Å². The Hall–Kier alpha value is -6.62. The summed E-state index contributed by atoms with van der Waals surface area (Å²) in [5.41, 5.74) is 10.7. The molecule has 7 aromatic carbocycles. The molecule has 6 nitrogen and oxygen atoms in total. The minimum atomic E-state index is -0.0201. The summed E-state index contributed by atoms with van der Waals surface area (Å²) in [7, 11) is 0. The number of para-hydroxylation sites is 4. The Morgan fingerprint density at radius 3 is 2.00 bits per heavy atom. The van der Waals surface area contributed by atoms with Crippen LogP contribution in [0.15, 0.2) is 170 Å². The average molecular weight is 944 g/mol. The van der Waals surface area contributed by atoms with E-state index in [1.165, 1.54) is 16.3 Å². The second-order valence-corrected chi connectivity index (χ2v) is 15.8. The summed E-state index contributed by atoms with van der Waals surface area (Å²) in [6.07, 6.45) is 1.90. The summed E-state index contributed by atoms with van der Waals surface area (Å²) < 4.78 is 11.2. The zero-order chi connectivity index (χ0) is 39.0. The molecule has 290 valence electrons. The van der Waals surface area contributed by atoms with Gasteiger partial charge in [-0.05, 0) is 77.0 Å². The average Bonchev–Trinajstić information content (AvgIpc) is 3.92. The zero-order valence-corrected chi connectivity index (χ0v) is 35.0. The number of rotatable bonds is 6. The number of pyridine rings is 1. The van der Waals surface area contributed by atoms with Crippen LogP contribution in [0.4, 0.5) is 22.7 Å². The normalized spacial score (nSPS) is 12.7. The summed E-state index contributed by atoms with van der Waals surface area (Å²) in [6, 6.07) is 64.4. The number of hydrogen-bond acceptors (Lipinski definition) is 4. The van der Waals surface area contributed by atoms with Crippen molar-refractivity contribution in [2.75, 3.05) is 9.80 Å². The van der Waals surface area contributed by atoms with Gasteiger partial charge in [0, 0.05) is 77.8 Å². The Morgan fingerprint density at radius 2 is 1.24 bits per heavy atom. The van der Waals surface area contributed by atoms with Crippen LogP contribution in [0.25, 0.3) is 55.1 Å². The standard InChI is InChI=1S/C52H38N5O.Pt/c1-52(2,3)35-29-30-53-49(31-35)57-44-23-12-10-21-41(44)42-26-25-40(33-48(42)57)58-39-20-14-19-38(32-39)54-34-55(36-15-6-4-7-16-36)51-47(54)28-27-46-50(51)43-22-11-13-24-45(43)56(46)37-17-8-5-9-18-37;/h4-31,34H,1-3H3;/q-3;. The van der Waals surface area contributed by atoms with Gasteiger partial charge in [-0.15, -0.1) is 48.1 Å². The number of hydrogen-bond donors (Lipinski definition) is 0. The molecule has 0 bridgehead atoms. The summed E-state index contributed by atoms with van der Waals surface area (Å²) in [5.74, 6) is 2.05. The van der Waals surface area contributed by atoms with Gasteiger partial charge in [0.25, 0.3) is 0 Å². The molecule has 0 amide bonds. The van der Waals surface area contributed by atoms with E-state index in [9.17, 15) is 0 Å². The fourth-order valence-electron chi connectivity index (χ4n) is 8.47. The predicted octanol–water partition coefficient (Wildman–Crippen LogP) is 13.4. The molecule has 10 aromatic rings. The number of ether oxygens (including phenoxy) is 1.